The number of carbonyl (C=O) groups is 4. The van der Waals surface area contributed by atoms with Gasteiger partial charge < -0.3 is 19.9 Å². The van der Waals surface area contributed by atoms with Crippen LogP contribution in [0.15, 0.2) is 53.4 Å². The number of aliphatic carboxylic acids is 1. The first-order valence-electron chi connectivity index (χ1n) is 14.8. The van der Waals surface area contributed by atoms with E-state index in [2.05, 4.69) is 5.32 Å². The molecule has 2 aromatic carbocycles. The SMILES string of the molecule is Cc1ccc(S(=O)(=O)N2CCC[C@H]2C(=O)N(c2ccc(OC(=O)[N+]3(C(=O)OC(C)(C)C)CCNCC3)cc2)[C@@H](C)C(=O)O)cc1. The van der Waals surface area contributed by atoms with Crippen LogP contribution in [0.25, 0.3) is 0 Å². The van der Waals surface area contributed by atoms with Gasteiger partial charge in [-0.15, -0.1) is 4.48 Å². The van der Waals surface area contributed by atoms with E-state index in [1.54, 1.807) is 32.9 Å². The molecule has 2 fully saturated rings. The summed E-state index contributed by atoms with van der Waals surface area (Å²) in [6.45, 7) is 9.48. The van der Waals surface area contributed by atoms with Gasteiger partial charge in [0.2, 0.25) is 15.9 Å². The Morgan fingerprint density at radius 3 is 2.16 bits per heavy atom. The monoisotopic (exact) mass is 645 g/mol. The quantitative estimate of drug-likeness (QED) is 0.427. The molecule has 2 aromatic rings. The van der Waals surface area contributed by atoms with E-state index in [-0.39, 0.29) is 42.4 Å². The van der Waals surface area contributed by atoms with Crippen molar-refractivity contribution in [1.82, 2.24) is 9.62 Å². The van der Waals surface area contributed by atoms with Gasteiger partial charge in [0.25, 0.3) is 0 Å². The van der Waals surface area contributed by atoms with Gasteiger partial charge in [0, 0.05) is 25.3 Å². The molecule has 244 valence electrons. The fraction of sp³-hybridized carbons (Fsp3) is 0.484. The van der Waals surface area contributed by atoms with Crippen LogP contribution in [-0.4, -0.2) is 96.8 Å². The molecule has 2 saturated heterocycles. The van der Waals surface area contributed by atoms with Crippen LogP contribution in [0, 0.1) is 6.92 Å². The van der Waals surface area contributed by atoms with E-state index in [1.165, 1.54) is 43.3 Å². The van der Waals surface area contributed by atoms with Crippen LogP contribution < -0.4 is 15.0 Å². The number of aryl methyl sites for hydroxylation is 1. The summed E-state index contributed by atoms with van der Waals surface area (Å²) in [5.41, 5.74) is 0.237. The fourth-order valence-electron chi connectivity index (χ4n) is 5.36. The zero-order valence-corrected chi connectivity index (χ0v) is 27.0. The third-order valence-electron chi connectivity index (χ3n) is 7.85. The lowest BCUT2D eigenvalue weighted by atomic mass is 10.1. The molecule has 0 unspecified atom stereocenters. The van der Waals surface area contributed by atoms with Crippen LogP contribution in [0.3, 0.4) is 0 Å². The molecule has 2 aliphatic heterocycles. The minimum atomic E-state index is -4.03. The van der Waals surface area contributed by atoms with Crippen molar-refractivity contribution in [1.29, 1.82) is 0 Å². The van der Waals surface area contributed by atoms with Gasteiger partial charge in [-0.2, -0.15) is 13.9 Å². The molecule has 0 saturated carbocycles. The zero-order valence-electron chi connectivity index (χ0n) is 26.2. The Bertz CT molecular complexity index is 1530. The minimum absolute atomic E-state index is 0.0492. The third-order valence-corrected chi connectivity index (χ3v) is 9.77. The summed E-state index contributed by atoms with van der Waals surface area (Å²) in [6.07, 6.45) is -0.895. The fourth-order valence-corrected chi connectivity index (χ4v) is 7.01. The third kappa shape index (κ3) is 7.35. The number of anilines is 1. The highest BCUT2D eigenvalue weighted by molar-refractivity contribution is 7.89. The molecule has 13 nitrogen and oxygen atoms in total. The number of amides is 3. The van der Waals surface area contributed by atoms with Gasteiger partial charge in [-0.25, -0.2) is 13.2 Å². The van der Waals surface area contributed by atoms with E-state index >= 15 is 0 Å². The molecule has 2 atom stereocenters. The van der Waals surface area contributed by atoms with Crippen LogP contribution in [0.1, 0.15) is 46.1 Å². The van der Waals surface area contributed by atoms with Gasteiger partial charge in [0.1, 0.15) is 36.5 Å². The smallest absolute Gasteiger partial charge is 0.480 e. The number of nitrogens with zero attached hydrogens (tertiary/aromatic N) is 3. The normalized spacial score (nSPS) is 19.4. The topological polar surface area (TPSA) is 160 Å². The number of ether oxygens (including phenoxy) is 2. The highest BCUT2D eigenvalue weighted by atomic mass is 32.2. The first-order valence-corrected chi connectivity index (χ1v) is 16.3. The molecule has 0 spiro atoms. The highest BCUT2D eigenvalue weighted by Crippen LogP contribution is 2.31. The Hall–Kier alpha value is -3.85. The molecule has 2 aliphatic rings. The molecule has 2 N–H and O–H groups in total. The molecule has 0 radical (unpaired) electrons. The minimum Gasteiger partial charge on any atom is -0.480 e. The Labute approximate surface area is 263 Å². The number of benzene rings is 2. The highest BCUT2D eigenvalue weighted by Gasteiger charge is 2.51. The lowest BCUT2D eigenvalue weighted by Gasteiger charge is -2.35. The number of hydrogen-bond donors (Lipinski definition) is 2. The van der Waals surface area contributed by atoms with E-state index in [1.807, 2.05) is 6.92 Å². The average Bonchev–Trinajstić information content (AvgIpc) is 3.49. The van der Waals surface area contributed by atoms with Gasteiger partial charge in [-0.1, -0.05) is 17.7 Å². The van der Waals surface area contributed by atoms with Crippen molar-refractivity contribution in [3.63, 3.8) is 0 Å². The zero-order chi connectivity index (χ0) is 33.2. The van der Waals surface area contributed by atoms with Gasteiger partial charge in [0.15, 0.2) is 0 Å². The Morgan fingerprint density at radius 1 is 1.00 bits per heavy atom. The molecule has 4 rings (SSSR count). The lowest BCUT2D eigenvalue weighted by Crippen LogP contribution is -2.66. The van der Waals surface area contributed by atoms with Crippen LogP contribution >= 0.6 is 0 Å². The van der Waals surface area contributed by atoms with Crippen molar-refractivity contribution in [2.75, 3.05) is 37.6 Å². The van der Waals surface area contributed by atoms with Crippen LogP contribution in [0.2, 0.25) is 0 Å². The van der Waals surface area contributed by atoms with Crippen molar-refractivity contribution in [2.45, 2.75) is 70.0 Å². The van der Waals surface area contributed by atoms with Gasteiger partial charge >= 0.3 is 18.2 Å². The van der Waals surface area contributed by atoms with E-state index in [4.69, 9.17) is 9.47 Å². The largest absolute Gasteiger partial charge is 0.532 e. The molecule has 2 heterocycles. The molecule has 0 aliphatic carbocycles. The summed E-state index contributed by atoms with van der Waals surface area (Å²) in [5, 5.41) is 13.0. The summed E-state index contributed by atoms with van der Waals surface area (Å²) in [6, 6.07) is 9.50. The Balaban J connectivity index is 1.59. The second-order valence-electron chi connectivity index (χ2n) is 12.3. The molecule has 45 heavy (non-hydrogen) atoms. The second kappa shape index (κ2) is 13.3. The number of imide groups is 1. The number of rotatable bonds is 7. The van der Waals surface area contributed by atoms with Crippen LogP contribution in [0.4, 0.5) is 15.3 Å². The maximum absolute atomic E-state index is 13.9. The predicted molar refractivity (Wildman–Crippen MR) is 164 cm³/mol. The number of nitrogens with one attached hydrogen (secondary N) is 1. The molecular weight excluding hydrogens is 604 g/mol. The summed E-state index contributed by atoms with van der Waals surface area (Å²) >= 11 is 0. The van der Waals surface area contributed by atoms with Gasteiger partial charge in [0.05, 0.1) is 4.90 Å². The van der Waals surface area contributed by atoms with Crippen molar-refractivity contribution in [3.05, 3.63) is 54.1 Å². The summed E-state index contributed by atoms with van der Waals surface area (Å²) in [7, 11) is -4.03. The summed E-state index contributed by atoms with van der Waals surface area (Å²) in [5.74, 6) is -1.89. The number of carboxylic acid groups (broad SMARTS) is 1. The average molecular weight is 646 g/mol. The van der Waals surface area contributed by atoms with Gasteiger partial charge in [-0.05, 0) is 83.9 Å². The number of carbonyl (C=O) groups excluding carboxylic acids is 3. The molecule has 0 bridgehead atoms. The van der Waals surface area contributed by atoms with Gasteiger partial charge in [-0.3, -0.25) is 9.69 Å². The van der Waals surface area contributed by atoms with Crippen LogP contribution in [0.5, 0.6) is 5.75 Å². The van der Waals surface area contributed by atoms with E-state index in [9.17, 15) is 32.7 Å². The lowest BCUT2D eigenvalue weighted by molar-refractivity contribution is -0.787. The summed E-state index contributed by atoms with van der Waals surface area (Å²) < 4.78 is 38.6. The number of hydrogen-bond acceptors (Lipinski definition) is 9. The number of quaternary nitrogens is 1. The summed E-state index contributed by atoms with van der Waals surface area (Å²) in [4.78, 5) is 53.7. The molecule has 14 heteroatoms. The van der Waals surface area contributed by atoms with E-state index in [0.29, 0.717) is 19.5 Å². The second-order valence-corrected chi connectivity index (χ2v) is 14.2. The molecule has 0 aromatic heterocycles. The van der Waals surface area contributed by atoms with Crippen molar-refractivity contribution >= 4 is 39.8 Å². The molecule has 3 amide bonds. The predicted octanol–water partition coefficient (Wildman–Crippen LogP) is 3.51. The first kappa shape index (κ1) is 34.0. The van der Waals surface area contributed by atoms with Crippen molar-refractivity contribution in [3.8, 4) is 5.75 Å². The van der Waals surface area contributed by atoms with E-state index < -0.39 is 56.3 Å². The van der Waals surface area contributed by atoms with E-state index in [0.717, 1.165) is 14.8 Å². The van der Waals surface area contributed by atoms with Crippen molar-refractivity contribution < 1.29 is 46.7 Å². The molecular formula is C31H41N4O9S+. The number of piperazine rings is 1. The number of carboxylic acids is 1. The maximum atomic E-state index is 13.9. The maximum Gasteiger partial charge on any atom is 0.532 e. The standard InChI is InChI=1S/C31H40N4O9S/c1-21-8-14-25(15-9-21)45(41,42)33-18-6-7-26(33)27(36)34(22(2)28(37)38)23-10-12-24(13-11-23)43-29(39)35(19-16-32-17-20-35)30(40)44-31(3,4)5/h8-15,22,26,32H,6-7,16-20H2,1-5H3/p+1/t22-,26-/m0/s1. The Kier molecular flexibility index (Phi) is 10.0. The Morgan fingerprint density at radius 2 is 1.60 bits per heavy atom. The number of sulfonamides is 1. The first-order chi connectivity index (χ1) is 21.1. The van der Waals surface area contributed by atoms with Crippen LogP contribution in [-0.2, 0) is 24.3 Å². The van der Waals surface area contributed by atoms with Crippen molar-refractivity contribution in [2.24, 2.45) is 0 Å².